The van der Waals surface area contributed by atoms with Gasteiger partial charge in [-0.15, -0.1) is 0 Å². The van der Waals surface area contributed by atoms with Crippen LogP contribution >= 0.6 is 0 Å². The minimum absolute atomic E-state index is 0.0311. The maximum absolute atomic E-state index is 12.5. The molecule has 0 unspecified atom stereocenters. The van der Waals surface area contributed by atoms with E-state index in [9.17, 15) is 4.79 Å². The van der Waals surface area contributed by atoms with E-state index in [4.69, 9.17) is 4.74 Å². The van der Waals surface area contributed by atoms with E-state index < -0.39 is 0 Å². The summed E-state index contributed by atoms with van der Waals surface area (Å²) in [6.45, 7) is 12.2. The SMILES string of the molecule is COCCCN1CCN(C(=O)Nc2cc(C)nn2CC(C)C)CC1. The summed E-state index contributed by atoms with van der Waals surface area (Å²) in [5.41, 5.74) is 0.925. The van der Waals surface area contributed by atoms with Crippen molar-refractivity contribution in [3.8, 4) is 0 Å². The summed E-state index contributed by atoms with van der Waals surface area (Å²) in [5, 5.41) is 7.49. The van der Waals surface area contributed by atoms with Crippen molar-refractivity contribution < 1.29 is 9.53 Å². The number of ether oxygens (including phenoxy) is 1. The average molecular weight is 337 g/mol. The molecule has 136 valence electrons. The Morgan fingerprint density at radius 3 is 2.67 bits per heavy atom. The molecule has 7 nitrogen and oxygen atoms in total. The maximum atomic E-state index is 12.5. The van der Waals surface area contributed by atoms with Gasteiger partial charge in [-0.05, 0) is 19.3 Å². The van der Waals surface area contributed by atoms with E-state index in [1.54, 1.807) is 7.11 Å². The molecule has 7 heteroatoms. The van der Waals surface area contributed by atoms with Crippen LogP contribution in [0.15, 0.2) is 6.07 Å². The molecule has 0 aromatic carbocycles. The highest BCUT2D eigenvalue weighted by molar-refractivity contribution is 5.88. The Morgan fingerprint density at radius 2 is 2.04 bits per heavy atom. The Bertz CT molecular complexity index is 521. The number of rotatable bonds is 7. The first-order valence-corrected chi connectivity index (χ1v) is 8.81. The average Bonchev–Trinajstić information content (AvgIpc) is 2.86. The number of anilines is 1. The van der Waals surface area contributed by atoms with Gasteiger partial charge in [0.15, 0.2) is 0 Å². The molecule has 2 rings (SSSR count). The molecule has 0 aliphatic carbocycles. The van der Waals surface area contributed by atoms with E-state index in [1.165, 1.54) is 0 Å². The van der Waals surface area contributed by atoms with Crippen LogP contribution in [0, 0.1) is 12.8 Å². The molecular formula is C17H31N5O2. The molecule has 0 bridgehead atoms. The molecule has 1 fully saturated rings. The van der Waals surface area contributed by atoms with E-state index in [1.807, 2.05) is 22.6 Å². The van der Waals surface area contributed by atoms with Crippen LogP contribution in [0.5, 0.6) is 0 Å². The Labute approximate surface area is 144 Å². The van der Waals surface area contributed by atoms with Gasteiger partial charge in [0, 0.05) is 59.1 Å². The van der Waals surface area contributed by atoms with Crippen molar-refractivity contribution in [1.29, 1.82) is 0 Å². The summed E-state index contributed by atoms with van der Waals surface area (Å²) in [6, 6.07) is 1.90. The summed E-state index contributed by atoms with van der Waals surface area (Å²) in [5.74, 6) is 1.27. The number of hydrogen-bond acceptors (Lipinski definition) is 4. The van der Waals surface area contributed by atoms with Crippen LogP contribution in [0.25, 0.3) is 0 Å². The number of carbonyl (C=O) groups excluding carboxylic acids is 1. The third kappa shape index (κ3) is 5.49. The van der Waals surface area contributed by atoms with Gasteiger partial charge in [-0.1, -0.05) is 13.8 Å². The van der Waals surface area contributed by atoms with Crippen LogP contribution in [-0.4, -0.2) is 72.1 Å². The minimum Gasteiger partial charge on any atom is -0.385 e. The number of piperazine rings is 1. The Morgan fingerprint density at radius 1 is 1.33 bits per heavy atom. The van der Waals surface area contributed by atoms with Gasteiger partial charge < -0.3 is 9.64 Å². The number of carbonyl (C=O) groups is 1. The number of aryl methyl sites for hydroxylation is 1. The number of hydrogen-bond donors (Lipinski definition) is 1. The van der Waals surface area contributed by atoms with Gasteiger partial charge in [0.1, 0.15) is 5.82 Å². The molecule has 0 saturated carbocycles. The molecule has 0 spiro atoms. The topological polar surface area (TPSA) is 62.6 Å². The molecule has 1 aliphatic heterocycles. The normalized spacial score (nSPS) is 16.0. The lowest BCUT2D eigenvalue weighted by Gasteiger charge is -2.34. The van der Waals surface area contributed by atoms with Crippen LogP contribution in [-0.2, 0) is 11.3 Å². The van der Waals surface area contributed by atoms with Gasteiger partial charge in [0.25, 0.3) is 0 Å². The zero-order valence-corrected chi connectivity index (χ0v) is 15.4. The molecule has 24 heavy (non-hydrogen) atoms. The predicted octanol–water partition coefficient (Wildman–Crippen LogP) is 2.03. The van der Waals surface area contributed by atoms with Crippen molar-refractivity contribution in [2.45, 2.75) is 33.7 Å². The van der Waals surface area contributed by atoms with Crippen molar-refractivity contribution in [2.24, 2.45) is 5.92 Å². The lowest BCUT2D eigenvalue weighted by Crippen LogP contribution is -2.50. The smallest absolute Gasteiger partial charge is 0.323 e. The second-order valence-corrected chi connectivity index (χ2v) is 6.85. The monoisotopic (exact) mass is 337 g/mol. The van der Waals surface area contributed by atoms with Crippen molar-refractivity contribution >= 4 is 11.8 Å². The lowest BCUT2D eigenvalue weighted by atomic mass is 10.2. The second-order valence-electron chi connectivity index (χ2n) is 6.85. The fourth-order valence-corrected chi connectivity index (χ4v) is 2.93. The zero-order chi connectivity index (χ0) is 17.5. The fourth-order valence-electron chi connectivity index (χ4n) is 2.93. The molecular weight excluding hydrogens is 306 g/mol. The highest BCUT2D eigenvalue weighted by Gasteiger charge is 2.22. The van der Waals surface area contributed by atoms with E-state index in [-0.39, 0.29) is 6.03 Å². The third-order valence-corrected chi connectivity index (χ3v) is 4.16. The van der Waals surface area contributed by atoms with Crippen LogP contribution < -0.4 is 5.32 Å². The maximum Gasteiger partial charge on any atom is 0.323 e. The highest BCUT2D eigenvalue weighted by Crippen LogP contribution is 2.14. The largest absolute Gasteiger partial charge is 0.385 e. The number of nitrogens with zero attached hydrogens (tertiary/aromatic N) is 4. The van der Waals surface area contributed by atoms with Crippen LogP contribution in [0.1, 0.15) is 26.0 Å². The fraction of sp³-hybridized carbons (Fsp3) is 0.765. The minimum atomic E-state index is -0.0311. The molecule has 1 aromatic heterocycles. The summed E-state index contributed by atoms with van der Waals surface area (Å²) in [4.78, 5) is 16.8. The first-order valence-electron chi connectivity index (χ1n) is 8.81. The molecule has 0 atom stereocenters. The lowest BCUT2D eigenvalue weighted by molar-refractivity contribution is 0.130. The Balaban J connectivity index is 1.83. The summed E-state index contributed by atoms with van der Waals surface area (Å²) >= 11 is 0. The summed E-state index contributed by atoms with van der Waals surface area (Å²) in [7, 11) is 1.73. The van der Waals surface area contributed by atoms with Gasteiger partial charge >= 0.3 is 6.03 Å². The number of urea groups is 1. The number of nitrogens with one attached hydrogen (secondary N) is 1. The quantitative estimate of drug-likeness (QED) is 0.774. The second kappa shape index (κ2) is 9.03. The molecule has 1 aliphatic rings. The number of aromatic nitrogens is 2. The molecule has 1 saturated heterocycles. The Hall–Kier alpha value is -1.60. The van der Waals surface area contributed by atoms with Crippen LogP contribution in [0.3, 0.4) is 0 Å². The Kier molecular flexibility index (Phi) is 7.05. The summed E-state index contributed by atoms with van der Waals surface area (Å²) in [6.07, 6.45) is 1.04. The van der Waals surface area contributed by atoms with Gasteiger partial charge in [-0.2, -0.15) is 5.10 Å². The standard InChI is InChI=1S/C17H31N5O2/c1-14(2)13-22-16(12-15(3)19-22)18-17(23)21-9-7-20(8-10-21)6-5-11-24-4/h12,14H,5-11,13H2,1-4H3,(H,18,23). The van der Waals surface area contributed by atoms with Crippen molar-refractivity contribution in [3.05, 3.63) is 11.8 Å². The van der Waals surface area contributed by atoms with Crippen LogP contribution in [0.4, 0.5) is 10.6 Å². The van der Waals surface area contributed by atoms with Gasteiger partial charge in [-0.25, -0.2) is 9.48 Å². The van der Waals surface area contributed by atoms with Gasteiger partial charge in [0.2, 0.25) is 0 Å². The molecule has 0 radical (unpaired) electrons. The predicted molar refractivity (Wildman–Crippen MR) is 95.3 cm³/mol. The zero-order valence-electron chi connectivity index (χ0n) is 15.4. The van der Waals surface area contributed by atoms with E-state index >= 15 is 0 Å². The van der Waals surface area contributed by atoms with Crippen LogP contribution in [0.2, 0.25) is 0 Å². The molecule has 2 heterocycles. The van der Waals surface area contributed by atoms with Crippen molar-refractivity contribution in [3.63, 3.8) is 0 Å². The van der Waals surface area contributed by atoms with Gasteiger partial charge in [0.05, 0.1) is 5.69 Å². The number of methoxy groups -OCH3 is 1. The van der Waals surface area contributed by atoms with Gasteiger partial charge in [-0.3, -0.25) is 10.2 Å². The first kappa shape index (κ1) is 18.7. The van der Waals surface area contributed by atoms with E-state index in [0.29, 0.717) is 5.92 Å². The molecule has 1 aromatic rings. The first-order chi connectivity index (χ1) is 11.5. The van der Waals surface area contributed by atoms with Crippen molar-refractivity contribution in [2.75, 3.05) is 51.8 Å². The molecule has 1 N–H and O–H groups in total. The van der Waals surface area contributed by atoms with Crippen molar-refractivity contribution in [1.82, 2.24) is 19.6 Å². The summed E-state index contributed by atoms with van der Waals surface area (Å²) < 4.78 is 6.98. The molecule has 2 amide bonds. The van der Waals surface area contributed by atoms with E-state index in [0.717, 1.165) is 63.8 Å². The highest BCUT2D eigenvalue weighted by atomic mass is 16.5. The number of amides is 2. The third-order valence-electron chi connectivity index (χ3n) is 4.16. The van der Waals surface area contributed by atoms with E-state index in [2.05, 4.69) is 29.2 Å².